The maximum Gasteiger partial charge on any atom is 0.115 e. The highest BCUT2D eigenvalue weighted by Gasteiger charge is 2.15. The number of hydrogen-bond acceptors (Lipinski definition) is 3. The van der Waals surface area contributed by atoms with Crippen LogP contribution in [0.25, 0.3) is 0 Å². The Balaban J connectivity index is 2.36. The highest BCUT2D eigenvalue weighted by Crippen LogP contribution is 2.27. The zero-order valence-electron chi connectivity index (χ0n) is 10.6. The van der Waals surface area contributed by atoms with E-state index in [-0.39, 0.29) is 6.04 Å². The SMILES string of the molecule is CCCNC(c1cncnc1)c1cc(Cl)cc(Br)c1. The summed E-state index contributed by atoms with van der Waals surface area (Å²) in [5.74, 6) is 0. The van der Waals surface area contributed by atoms with Crippen LogP contribution in [0.4, 0.5) is 0 Å². The molecule has 0 aliphatic rings. The highest BCUT2D eigenvalue weighted by molar-refractivity contribution is 9.10. The van der Waals surface area contributed by atoms with E-state index in [2.05, 4.69) is 44.2 Å². The highest BCUT2D eigenvalue weighted by atomic mass is 79.9. The molecule has 100 valence electrons. The molecule has 0 aliphatic carbocycles. The molecular weight excluding hydrogens is 326 g/mol. The van der Waals surface area contributed by atoms with E-state index in [0.717, 1.165) is 28.6 Å². The van der Waals surface area contributed by atoms with Gasteiger partial charge in [0.1, 0.15) is 6.33 Å². The Labute approximate surface area is 126 Å². The summed E-state index contributed by atoms with van der Waals surface area (Å²) in [4.78, 5) is 8.18. The first-order valence-electron chi connectivity index (χ1n) is 6.15. The standard InChI is InChI=1S/C14H15BrClN3/c1-2-3-19-14(11-7-17-9-18-8-11)10-4-12(15)6-13(16)5-10/h4-9,14,19H,2-3H2,1H3. The molecule has 3 nitrogen and oxygen atoms in total. The van der Waals surface area contributed by atoms with Crippen molar-refractivity contribution in [1.29, 1.82) is 0 Å². The Morgan fingerprint density at radius 2 is 1.95 bits per heavy atom. The van der Waals surface area contributed by atoms with Crippen molar-refractivity contribution in [2.24, 2.45) is 0 Å². The van der Waals surface area contributed by atoms with E-state index in [4.69, 9.17) is 11.6 Å². The van der Waals surface area contributed by atoms with Gasteiger partial charge >= 0.3 is 0 Å². The summed E-state index contributed by atoms with van der Waals surface area (Å²) in [7, 11) is 0. The normalized spacial score (nSPS) is 12.4. The van der Waals surface area contributed by atoms with E-state index in [1.165, 1.54) is 6.33 Å². The molecule has 19 heavy (non-hydrogen) atoms. The number of nitrogens with zero attached hydrogens (tertiary/aromatic N) is 2. The van der Waals surface area contributed by atoms with Crippen molar-refractivity contribution in [2.45, 2.75) is 19.4 Å². The van der Waals surface area contributed by atoms with Gasteiger partial charge in [0.05, 0.1) is 6.04 Å². The average Bonchev–Trinajstić information content (AvgIpc) is 2.39. The van der Waals surface area contributed by atoms with Gasteiger partial charge in [-0.1, -0.05) is 34.5 Å². The van der Waals surface area contributed by atoms with Gasteiger partial charge < -0.3 is 5.32 Å². The third kappa shape index (κ3) is 4.00. The Morgan fingerprint density at radius 3 is 2.58 bits per heavy atom. The molecule has 2 rings (SSSR count). The van der Waals surface area contributed by atoms with E-state index in [1.807, 2.05) is 24.5 Å². The molecule has 1 atom stereocenters. The van der Waals surface area contributed by atoms with Crippen LogP contribution in [-0.2, 0) is 0 Å². The molecule has 0 radical (unpaired) electrons. The molecule has 0 saturated heterocycles. The minimum absolute atomic E-state index is 0.0520. The first kappa shape index (κ1) is 14.4. The van der Waals surface area contributed by atoms with E-state index < -0.39 is 0 Å². The van der Waals surface area contributed by atoms with Gasteiger partial charge in [0.2, 0.25) is 0 Å². The number of benzene rings is 1. The van der Waals surface area contributed by atoms with Gasteiger partial charge in [-0.15, -0.1) is 0 Å². The summed E-state index contributed by atoms with van der Waals surface area (Å²) < 4.78 is 0.968. The Bertz CT molecular complexity index is 513. The van der Waals surface area contributed by atoms with Crippen molar-refractivity contribution in [2.75, 3.05) is 6.54 Å². The van der Waals surface area contributed by atoms with Gasteiger partial charge in [-0.2, -0.15) is 0 Å². The van der Waals surface area contributed by atoms with Gasteiger partial charge in [0.25, 0.3) is 0 Å². The predicted molar refractivity (Wildman–Crippen MR) is 81.3 cm³/mol. The molecule has 0 fully saturated rings. The zero-order valence-corrected chi connectivity index (χ0v) is 12.9. The topological polar surface area (TPSA) is 37.8 Å². The average molecular weight is 341 g/mol. The zero-order chi connectivity index (χ0) is 13.7. The van der Waals surface area contributed by atoms with Crippen molar-refractivity contribution in [3.05, 3.63) is 57.5 Å². The predicted octanol–water partition coefficient (Wildman–Crippen LogP) is 3.98. The number of rotatable bonds is 5. The Hall–Kier alpha value is -0.970. The minimum Gasteiger partial charge on any atom is -0.306 e. The minimum atomic E-state index is 0.0520. The molecule has 1 unspecified atom stereocenters. The van der Waals surface area contributed by atoms with Crippen molar-refractivity contribution >= 4 is 27.5 Å². The van der Waals surface area contributed by atoms with Crippen molar-refractivity contribution in [3.8, 4) is 0 Å². The Kier molecular flexibility index (Phi) is 5.31. The van der Waals surface area contributed by atoms with E-state index in [0.29, 0.717) is 5.02 Å². The first-order valence-corrected chi connectivity index (χ1v) is 7.32. The van der Waals surface area contributed by atoms with Gasteiger partial charge in [0, 0.05) is 27.5 Å². The molecule has 0 spiro atoms. The second kappa shape index (κ2) is 6.98. The maximum absolute atomic E-state index is 6.13. The molecule has 1 N–H and O–H groups in total. The molecule has 0 aliphatic heterocycles. The number of nitrogens with one attached hydrogen (secondary N) is 1. The molecule has 1 aromatic heterocycles. The first-order chi connectivity index (χ1) is 9.20. The van der Waals surface area contributed by atoms with E-state index >= 15 is 0 Å². The fraction of sp³-hybridized carbons (Fsp3) is 0.286. The number of halogens is 2. The van der Waals surface area contributed by atoms with Crippen LogP contribution < -0.4 is 5.32 Å². The Morgan fingerprint density at radius 1 is 1.21 bits per heavy atom. The molecule has 2 aromatic rings. The van der Waals surface area contributed by atoms with Gasteiger partial charge in [-0.25, -0.2) is 9.97 Å². The molecule has 0 saturated carbocycles. The molecular formula is C14H15BrClN3. The van der Waals surface area contributed by atoms with Crippen molar-refractivity contribution in [3.63, 3.8) is 0 Å². The van der Waals surface area contributed by atoms with Crippen LogP contribution in [0.2, 0.25) is 5.02 Å². The molecule has 0 amide bonds. The van der Waals surface area contributed by atoms with Gasteiger partial charge in [-0.05, 0) is 36.7 Å². The third-order valence-electron chi connectivity index (χ3n) is 2.73. The molecule has 1 aromatic carbocycles. The summed E-state index contributed by atoms with van der Waals surface area (Å²) in [5.41, 5.74) is 2.13. The summed E-state index contributed by atoms with van der Waals surface area (Å²) in [6, 6.07) is 5.96. The lowest BCUT2D eigenvalue weighted by atomic mass is 10.0. The van der Waals surface area contributed by atoms with E-state index in [1.54, 1.807) is 0 Å². The van der Waals surface area contributed by atoms with Crippen molar-refractivity contribution in [1.82, 2.24) is 15.3 Å². The fourth-order valence-corrected chi connectivity index (χ4v) is 2.80. The summed E-state index contributed by atoms with van der Waals surface area (Å²) >= 11 is 9.61. The lowest BCUT2D eigenvalue weighted by molar-refractivity contribution is 0.595. The molecule has 0 bridgehead atoms. The third-order valence-corrected chi connectivity index (χ3v) is 3.41. The molecule has 5 heteroatoms. The van der Waals surface area contributed by atoms with Crippen LogP contribution in [0.3, 0.4) is 0 Å². The summed E-state index contributed by atoms with van der Waals surface area (Å²) in [5, 5.41) is 4.21. The second-order valence-corrected chi connectivity index (χ2v) is 5.61. The number of aromatic nitrogens is 2. The van der Waals surface area contributed by atoms with Crippen LogP contribution >= 0.6 is 27.5 Å². The van der Waals surface area contributed by atoms with Crippen molar-refractivity contribution < 1.29 is 0 Å². The van der Waals surface area contributed by atoms with Crippen LogP contribution in [-0.4, -0.2) is 16.5 Å². The largest absolute Gasteiger partial charge is 0.306 e. The van der Waals surface area contributed by atoms with Crippen LogP contribution in [0.1, 0.15) is 30.5 Å². The second-order valence-electron chi connectivity index (χ2n) is 4.26. The summed E-state index contributed by atoms with van der Waals surface area (Å²) in [6.07, 6.45) is 6.25. The molecule has 1 heterocycles. The summed E-state index contributed by atoms with van der Waals surface area (Å²) in [6.45, 7) is 3.06. The lowest BCUT2D eigenvalue weighted by Gasteiger charge is -2.19. The quantitative estimate of drug-likeness (QED) is 0.894. The van der Waals surface area contributed by atoms with E-state index in [9.17, 15) is 0 Å². The van der Waals surface area contributed by atoms with Gasteiger partial charge in [0.15, 0.2) is 0 Å². The maximum atomic E-state index is 6.13. The fourth-order valence-electron chi connectivity index (χ4n) is 1.92. The monoisotopic (exact) mass is 339 g/mol. The van der Waals surface area contributed by atoms with Crippen LogP contribution in [0.15, 0.2) is 41.4 Å². The number of hydrogen-bond donors (Lipinski definition) is 1. The lowest BCUT2D eigenvalue weighted by Crippen LogP contribution is -2.23. The van der Waals surface area contributed by atoms with Gasteiger partial charge in [-0.3, -0.25) is 0 Å². The van der Waals surface area contributed by atoms with Crippen LogP contribution in [0.5, 0.6) is 0 Å². The van der Waals surface area contributed by atoms with Crippen LogP contribution in [0, 0.1) is 0 Å². The smallest absolute Gasteiger partial charge is 0.115 e.